The fraction of sp³-hybridized carbons (Fsp3) is 0.267. The first-order valence-corrected chi connectivity index (χ1v) is 17.1. The number of nitrogens with zero attached hydrogens (tertiary/aromatic N) is 2. The molecule has 0 radical (unpaired) electrons. The second kappa shape index (κ2) is 13.6. The zero-order valence-corrected chi connectivity index (χ0v) is 26.1. The Morgan fingerprint density at radius 1 is 1.00 bits per heavy atom. The minimum atomic E-state index is -3.74. The Labute approximate surface area is 251 Å². The van der Waals surface area contributed by atoms with Crippen LogP contribution >= 0.6 is 7.60 Å². The predicted octanol–water partition coefficient (Wildman–Crippen LogP) is 4.84. The van der Waals surface area contributed by atoms with E-state index < -0.39 is 23.5 Å². The lowest BCUT2D eigenvalue weighted by atomic mass is 10.0. The summed E-state index contributed by atoms with van der Waals surface area (Å²) in [5.41, 5.74) is 2.84. The summed E-state index contributed by atoms with van der Waals surface area (Å²) in [6, 6.07) is 20.6. The van der Waals surface area contributed by atoms with E-state index in [1.54, 1.807) is 63.2 Å². The molecule has 3 aromatic carbocycles. The third kappa shape index (κ3) is 7.34. The third-order valence-electron chi connectivity index (χ3n) is 6.40. The molecule has 228 valence electrons. The van der Waals surface area contributed by atoms with Gasteiger partial charge in [0.25, 0.3) is 0 Å². The molecule has 0 unspecified atom stereocenters. The van der Waals surface area contributed by atoms with Gasteiger partial charge < -0.3 is 24.5 Å². The van der Waals surface area contributed by atoms with Gasteiger partial charge in [-0.25, -0.2) is 13.4 Å². The molecule has 0 aliphatic carbocycles. The van der Waals surface area contributed by atoms with Crippen LogP contribution in [0.2, 0.25) is 0 Å². The Kier molecular flexibility index (Phi) is 10.1. The number of carbonyl (C=O) groups excluding carboxylic acids is 1. The number of hydrogen-bond acceptors (Lipinski definition) is 8. The normalized spacial score (nSPS) is 12.4. The average Bonchev–Trinajstić information content (AvgIpc) is 3.30. The Balaban J connectivity index is 1.84. The first kappa shape index (κ1) is 32.0. The smallest absolute Gasteiger partial charge is 0.361 e. The number of sulfonamides is 1. The number of benzene rings is 3. The number of H-pyrrole nitrogens is 1. The number of rotatable bonds is 13. The molecule has 0 saturated carbocycles. The van der Waals surface area contributed by atoms with E-state index >= 15 is 0 Å². The zero-order valence-electron chi connectivity index (χ0n) is 24.4. The van der Waals surface area contributed by atoms with E-state index in [-0.39, 0.29) is 25.6 Å². The number of aromatic amines is 1. The molecular weight excluding hydrogens is 591 g/mol. The molecule has 0 aliphatic rings. The van der Waals surface area contributed by atoms with Crippen molar-refractivity contribution in [2.24, 2.45) is 4.99 Å². The summed E-state index contributed by atoms with van der Waals surface area (Å²) in [6.45, 7) is 5.62. The van der Waals surface area contributed by atoms with Gasteiger partial charge in [0.1, 0.15) is 6.54 Å². The summed E-state index contributed by atoms with van der Waals surface area (Å²) in [5, 5.41) is 14.6. The van der Waals surface area contributed by atoms with Crippen LogP contribution in [0.5, 0.6) is 5.88 Å². The van der Waals surface area contributed by atoms with Crippen molar-refractivity contribution in [3.8, 4) is 5.88 Å². The lowest BCUT2D eigenvalue weighted by Gasteiger charge is -2.21. The molecule has 0 bridgehead atoms. The molecule has 0 fully saturated rings. The van der Waals surface area contributed by atoms with Gasteiger partial charge in [-0.2, -0.15) is 0 Å². The second-order valence-electron chi connectivity index (χ2n) is 9.48. The quantitative estimate of drug-likeness (QED) is 0.142. The van der Waals surface area contributed by atoms with Gasteiger partial charge in [0.2, 0.25) is 15.9 Å². The standard InChI is InChI=1S/C30H35N4O7PS/c1-5-31-27(35)20-34(43(4,38)39)23-15-13-22(14-16-23)32-29(21-11-9-8-10-12-21)28-25-19-24(17-18-26(25)33-30(28)36)42(37,40-6-2)41-7-3/h8-19,33,36H,5-7,20H2,1-4H3,(H,31,35). The highest BCUT2D eigenvalue weighted by Crippen LogP contribution is 2.47. The maximum atomic E-state index is 13.5. The highest BCUT2D eigenvalue weighted by molar-refractivity contribution is 7.92. The Bertz CT molecular complexity index is 1760. The van der Waals surface area contributed by atoms with Crippen molar-refractivity contribution in [2.45, 2.75) is 20.8 Å². The monoisotopic (exact) mass is 626 g/mol. The number of anilines is 1. The number of likely N-dealkylation sites (N-methyl/N-ethyl adjacent to an activating group) is 1. The number of carbonyl (C=O) groups is 1. The number of aromatic nitrogens is 1. The molecule has 4 aromatic rings. The SMILES string of the molecule is CCNC(=O)CN(c1ccc(N=C(c2ccccc2)c2c(O)[nH]c3ccc(P(=O)(OCC)OCC)cc23)cc1)S(C)(=O)=O. The summed E-state index contributed by atoms with van der Waals surface area (Å²) in [6.07, 6.45) is 1.04. The molecule has 1 aromatic heterocycles. The summed E-state index contributed by atoms with van der Waals surface area (Å²) in [7, 11) is -7.36. The molecule has 11 nitrogen and oxygen atoms in total. The van der Waals surface area contributed by atoms with Crippen molar-refractivity contribution in [1.29, 1.82) is 0 Å². The topological polar surface area (TPSA) is 150 Å². The van der Waals surface area contributed by atoms with Crippen LogP contribution in [0.4, 0.5) is 11.4 Å². The molecule has 0 aliphatic heterocycles. The average molecular weight is 627 g/mol. The summed E-state index contributed by atoms with van der Waals surface area (Å²) >= 11 is 0. The van der Waals surface area contributed by atoms with Gasteiger partial charge >= 0.3 is 7.60 Å². The lowest BCUT2D eigenvalue weighted by Crippen LogP contribution is -2.40. The molecule has 0 saturated heterocycles. The van der Waals surface area contributed by atoms with Crippen LogP contribution in [0.3, 0.4) is 0 Å². The van der Waals surface area contributed by atoms with E-state index in [2.05, 4.69) is 10.3 Å². The highest BCUT2D eigenvalue weighted by atomic mass is 32.2. The molecular formula is C30H35N4O7PS. The number of hydrogen-bond donors (Lipinski definition) is 3. The second-order valence-corrected chi connectivity index (χ2v) is 13.4. The highest BCUT2D eigenvalue weighted by Gasteiger charge is 2.29. The van der Waals surface area contributed by atoms with Gasteiger partial charge in [-0.05, 0) is 63.2 Å². The molecule has 3 N–H and O–H groups in total. The maximum absolute atomic E-state index is 13.5. The van der Waals surface area contributed by atoms with E-state index in [1.165, 1.54) is 0 Å². The van der Waals surface area contributed by atoms with Gasteiger partial charge in [0, 0.05) is 23.0 Å². The minimum absolute atomic E-state index is 0.140. The van der Waals surface area contributed by atoms with Gasteiger partial charge in [0.15, 0.2) is 5.88 Å². The van der Waals surface area contributed by atoms with Gasteiger partial charge in [-0.15, -0.1) is 0 Å². The Morgan fingerprint density at radius 3 is 2.23 bits per heavy atom. The van der Waals surface area contributed by atoms with Crippen molar-refractivity contribution in [3.63, 3.8) is 0 Å². The third-order valence-corrected chi connectivity index (χ3v) is 9.65. The number of nitrogens with one attached hydrogen (secondary N) is 2. The van der Waals surface area contributed by atoms with E-state index in [0.29, 0.717) is 51.0 Å². The lowest BCUT2D eigenvalue weighted by molar-refractivity contribution is -0.119. The van der Waals surface area contributed by atoms with Crippen LogP contribution in [0.1, 0.15) is 31.9 Å². The molecule has 0 atom stereocenters. The summed E-state index contributed by atoms with van der Waals surface area (Å²) in [5.74, 6) is -0.562. The molecule has 13 heteroatoms. The fourth-order valence-electron chi connectivity index (χ4n) is 4.57. The largest absolute Gasteiger partial charge is 0.494 e. The first-order valence-electron chi connectivity index (χ1n) is 13.7. The fourth-order valence-corrected chi connectivity index (χ4v) is 7.02. The van der Waals surface area contributed by atoms with Crippen LogP contribution < -0.4 is 14.9 Å². The predicted molar refractivity (Wildman–Crippen MR) is 170 cm³/mol. The van der Waals surface area contributed by atoms with E-state index in [0.717, 1.165) is 10.6 Å². The van der Waals surface area contributed by atoms with Gasteiger partial charge in [0.05, 0.1) is 47.4 Å². The summed E-state index contributed by atoms with van der Waals surface area (Å²) in [4.78, 5) is 20.0. The molecule has 43 heavy (non-hydrogen) atoms. The van der Waals surface area contributed by atoms with Crippen LogP contribution in [0, 0.1) is 0 Å². The number of aromatic hydroxyl groups is 1. The maximum Gasteiger partial charge on any atom is 0.361 e. The number of fused-ring (bicyclic) bond motifs is 1. The van der Waals surface area contributed by atoms with Crippen LogP contribution in [-0.2, 0) is 28.4 Å². The van der Waals surface area contributed by atoms with Gasteiger partial charge in [-0.3, -0.25) is 13.7 Å². The molecule has 1 amide bonds. The van der Waals surface area contributed by atoms with Gasteiger partial charge in [-0.1, -0.05) is 30.3 Å². The van der Waals surface area contributed by atoms with Crippen LogP contribution in [-0.4, -0.2) is 62.7 Å². The number of amides is 1. The van der Waals surface area contributed by atoms with Crippen molar-refractivity contribution in [1.82, 2.24) is 10.3 Å². The van der Waals surface area contributed by atoms with E-state index in [4.69, 9.17) is 14.0 Å². The van der Waals surface area contributed by atoms with Crippen LogP contribution in [0.25, 0.3) is 10.9 Å². The molecule has 0 spiro atoms. The number of aliphatic imine (C=N–C) groups is 1. The zero-order chi connectivity index (χ0) is 31.2. The molecule has 4 rings (SSSR count). The van der Waals surface area contributed by atoms with Crippen LogP contribution in [0.15, 0.2) is 77.8 Å². The minimum Gasteiger partial charge on any atom is -0.494 e. The first-order chi connectivity index (χ1) is 20.5. The van der Waals surface area contributed by atoms with E-state index in [1.807, 2.05) is 30.3 Å². The van der Waals surface area contributed by atoms with E-state index in [9.17, 15) is 22.9 Å². The van der Waals surface area contributed by atoms with Crippen molar-refractivity contribution in [2.75, 3.05) is 36.9 Å². The van der Waals surface area contributed by atoms with Crippen molar-refractivity contribution < 1.29 is 31.9 Å². The Morgan fingerprint density at radius 2 is 1.65 bits per heavy atom. The summed E-state index contributed by atoms with van der Waals surface area (Å²) < 4.78 is 50.6. The Hall–Kier alpha value is -3.96. The molecule has 1 heterocycles. The van der Waals surface area contributed by atoms with Crippen molar-refractivity contribution >= 4 is 56.8 Å². The van der Waals surface area contributed by atoms with Crippen molar-refractivity contribution in [3.05, 3.63) is 83.9 Å².